The number of nitrogens with one attached hydrogen (secondary N) is 2. The zero-order valence-corrected chi connectivity index (χ0v) is 18.1. The van der Waals surface area contributed by atoms with Crippen molar-refractivity contribution in [3.05, 3.63) is 42.0 Å². The molecule has 0 radical (unpaired) electrons. The first-order valence-electron chi connectivity index (χ1n) is 8.83. The smallest absolute Gasteiger partial charge is 0.191 e. The van der Waals surface area contributed by atoms with Gasteiger partial charge in [0.25, 0.3) is 0 Å². The molecule has 1 aliphatic rings. The summed E-state index contributed by atoms with van der Waals surface area (Å²) >= 11 is 0. The van der Waals surface area contributed by atoms with E-state index in [1.165, 1.54) is 11.3 Å². The minimum atomic E-state index is 0. The van der Waals surface area contributed by atoms with Crippen LogP contribution < -0.4 is 15.5 Å². The lowest BCUT2D eigenvalue weighted by molar-refractivity contribution is 0.0698. The van der Waals surface area contributed by atoms with Crippen LogP contribution in [0.3, 0.4) is 0 Å². The van der Waals surface area contributed by atoms with E-state index in [-0.39, 0.29) is 24.0 Å². The Labute approximate surface area is 174 Å². The van der Waals surface area contributed by atoms with Crippen LogP contribution in [0.2, 0.25) is 0 Å². The molecule has 0 saturated heterocycles. The predicted molar refractivity (Wildman–Crippen MR) is 119 cm³/mol. The number of halogens is 1. The summed E-state index contributed by atoms with van der Waals surface area (Å²) in [7, 11) is 3.47. The maximum absolute atomic E-state index is 5.45. The van der Waals surface area contributed by atoms with Gasteiger partial charge in [-0.25, -0.2) is 0 Å². The summed E-state index contributed by atoms with van der Waals surface area (Å²) in [5, 5.41) is 6.67. The highest BCUT2D eigenvalue weighted by Crippen LogP contribution is 2.18. The molecule has 7 heteroatoms. The Morgan fingerprint density at radius 1 is 1.15 bits per heavy atom. The van der Waals surface area contributed by atoms with Crippen LogP contribution in [0, 0.1) is 0 Å². The third-order valence-corrected chi connectivity index (χ3v) is 3.97. The summed E-state index contributed by atoms with van der Waals surface area (Å²) < 4.78 is 10.4. The van der Waals surface area contributed by atoms with Gasteiger partial charge in [-0.2, -0.15) is 0 Å². The Kier molecular flexibility index (Phi) is 12.1. The van der Waals surface area contributed by atoms with Gasteiger partial charge >= 0.3 is 0 Å². The largest absolute Gasteiger partial charge is 0.382 e. The first kappa shape index (κ1) is 22.7. The van der Waals surface area contributed by atoms with Crippen molar-refractivity contribution in [2.24, 2.45) is 4.99 Å². The van der Waals surface area contributed by atoms with Gasteiger partial charge < -0.3 is 25.0 Å². The van der Waals surface area contributed by atoms with E-state index in [2.05, 4.69) is 56.9 Å². The normalized spacial score (nSPS) is 13.6. The highest BCUT2D eigenvalue weighted by molar-refractivity contribution is 14.0. The highest BCUT2D eigenvalue weighted by atomic mass is 127. The fraction of sp³-hybridized carbons (Fsp3) is 0.526. The van der Waals surface area contributed by atoms with Crippen molar-refractivity contribution in [1.82, 2.24) is 10.6 Å². The van der Waals surface area contributed by atoms with Crippen molar-refractivity contribution in [2.75, 3.05) is 58.5 Å². The lowest BCUT2D eigenvalue weighted by atomic mass is 10.2. The fourth-order valence-corrected chi connectivity index (χ4v) is 2.58. The minimum absolute atomic E-state index is 0. The Hall–Kier alpha value is -1.32. The zero-order valence-electron chi connectivity index (χ0n) is 15.7. The van der Waals surface area contributed by atoms with Crippen LogP contribution in [-0.4, -0.2) is 59.6 Å². The summed E-state index contributed by atoms with van der Waals surface area (Å²) in [5.41, 5.74) is 2.51. The monoisotopic (exact) mass is 474 g/mol. The number of rotatable bonds is 10. The number of methoxy groups -OCH3 is 1. The van der Waals surface area contributed by atoms with Crippen LogP contribution in [0.1, 0.15) is 12.0 Å². The van der Waals surface area contributed by atoms with Gasteiger partial charge in [-0.05, 0) is 24.1 Å². The second kappa shape index (κ2) is 13.8. The minimum Gasteiger partial charge on any atom is -0.382 e. The Morgan fingerprint density at radius 2 is 1.96 bits per heavy atom. The van der Waals surface area contributed by atoms with Crippen LogP contribution in [0.5, 0.6) is 0 Å². The van der Waals surface area contributed by atoms with Gasteiger partial charge in [0.2, 0.25) is 0 Å². The van der Waals surface area contributed by atoms with Crippen LogP contribution in [0.4, 0.5) is 5.69 Å². The van der Waals surface area contributed by atoms with Gasteiger partial charge in [-0.15, -0.1) is 24.0 Å². The van der Waals surface area contributed by atoms with E-state index in [1.54, 1.807) is 14.2 Å². The summed E-state index contributed by atoms with van der Waals surface area (Å²) in [6.07, 6.45) is 5.34. The molecule has 2 N–H and O–H groups in total. The van der Waals surface area contributed by atoms with Crippen molar-refractivity contribution in [1.29, 1.82) is 0 Å². The number of guanidine groups is 1. The molecule has 0 fully saturated rings. The van der Waals surface area contributed by atoms with E-state index in [1.807, 2.05) is 0 Å². The average Bonchev–Trinajstić information content (AvgIpc) is 3.18. The van der Waals surface area contributed by atoms with Gasteiger partial charge in [-0.1, -0.05) is 24.3 Å². The molecular formula is C19H31IN4O2. The van der Waals surface area contributed by atoms with E-state index < -0.39 is 0 Å². The van der Waals surface area contributed by atoms with Gasteiger partial charge in [-0.3, -0.25) is 4.99 Å². The number of hydrogen-bond acceptors (Lipinski definition) is 4. The molecule has 2 rings (SSSR count). The molecule has 26 heavy (non-hydrogen) atoms. The first-order valence-corrected chi connectivity index (χ1v) is 8.83. The van der Waals surface area contributed by atoms with Crippen LogP contribution in [0.15, 0.2) is 41.4 Å². The second-order valence-corrected chi connectivity index (χ2v) is 5.86. The molecule has 0 aromatic heterocycles. The molecule has 0 unspecified atom stereocenters. The Balaban J connectivity index is 0.00000338. The van der Waals surface area contributed by atoms with Crippen molar-refractivity contribution in [3.8, 4) is 0 Å². The summed E-state index contributed by atoms with van der Waals surface area (Å²) in [5.74, 6) is 0.810. The molecule has 0 atom stereocenters. The number of nitrogens with zero attached hydrogens (tertiary/aromatic N) is 2. The molecular weight excluding hydrogens is 443 g/mol. The van der Waals surface area contributed by atoms with Crippen LogP contribution >= 0.6 is 24.0 Å². The number of anilines is 1. The van der Waals surface area contributed by atoms with Gasteiger partial charge in [0.15, 0.2) is 5.96 Å². The number of aliphatic imine (C=N–C) groups is 1. The van der Waals surface area contributed by atoms with E-state index in [4.69, 9.17) is 9.47 Å². The SMILES string of the molecule is CN=C(NCCCOCCOC)NCc1cccc(N2CC=CC2)c1.I. The van der Waals surface area contributed by atoms with Gasteiger partial charge in [0.05, 0.1) is 13.2 Å². The Bertz CT molecular complexity index is 558. The standard InChI is InChI=1S/C19H30N4O2.HI/c1-20-19(21-9-6-12-25-14-13-24-2)22-16-17-7-5-8-18(15-17)23-10-3-4-11-23;/h3-5,7-8,15H,6,9-14,16H2,1-2H3,(H2,20,21,22);1H. The number of benzene rings is 1. The maximum atomic E-state index is 5.45. The summed E-state index contributed by atoms with van der Waals surface area (Å²) in [6, 6.07) is 8.64. The van der Waals surface area contributed by atoms with E-state index in [0.29, 0.717) is 13.2 Å². The topological polar surface area (TPSA) is 58.1 Å². The van der Waals surface area contributed by atoms with Crippen LogP contribution in [-0.2, 0) is 16.0 Å². The van der Waals surface area contributed by atoms with Crippen molar-refractivity contribution >= 4 is 35.6 Å². The molecule has 6 nitrogen and oxygen atoms in total. The molecule has 1 aromatic rings. The Morgan fingerprint density at radius 3 is 2.69 bits per heavy atom. The zero-order chi connectivity index (χ0) is 17.7. The number of ether oxygens (including phenoxy) is 2. The third-order valence-electron chi connectivity index (χ3n) is 3.97. The second-order valence-electron chi connectivity index (χ2n) is 5.86. The molecule has 0 saturated carbocycles. The highest BCUT2D eigenvalue weighted by Gasteiger charge is 2.08. The lowest BCUT2D eigenvalue weighted by Gasteiger charge is -2.19. The molecule has 0 aliphatic carbocycles. The summed E-state index contributed by atoms with van der Waals surface area (Å²) in [6.45, 7) is 5.57. The predicted octanol–water partition coefficient (Wildman–Crippen LogP) is 2.40. The van der Waals surface area contributed by atoms with Crippen molar-refractivity contribution in [3.63, 3.8) is 0 Å². The molecule has 1 aliphatic heterocycles. The average molecular weight is 474 g/mol. The molecule has 1 aromatic carbocycles. The molecule has 0 amide bonds. The molecule has 0 bridgehead atoms. The van der Waals surface area contributed by atoms with E-state index in [0.717, 1.165) is 45.2 Å². The van der Waals surface area contributed by atoms with Gasteiger partial charge in [0, 0.05) is 52.6 Å². The lowest BCUT2D eigenvalue weighted by Crippen LogP contribution is -2.37. The van der Waals surface area contributed by atoms with Crippen molar-refractivity contribution < 1.29 is 9.47 Å². The van der Waals surface area contributed by atoms with E-state index in [9.17, 15) is 0 Å². The third kappa shape index (κ3) is 8.37. The molecule has 1 heterocycles. The molecule has 0 spiro atoms. The summed E-state index contributed by atoms with van der Waals surface area (Å²) in [4.78, 5) is 6.61. The number of hydrogen-bond donors (Lipinski definition) is 2. The fourth-order valence-electron chi connectivity index (χ4n) is 2.58. The first-order chi connectivity index (χ1) is 12.3. The quantitative estimate of drug-likeness (QED) is 0.179. The maximum Gasteiger partial charge on any atom is 0.191 e. The van der Waals surface area contributed by atoms with Crippen LogP contribution in [0.25, 0.3) is 0 Å². The van der Waals surface area contributed by atoms with E-state index >= 15 is 0 Å². The van der Waals surface area contributed by atoms with Crippen molar-refractivity contribution in [2.45, 2.75) is 13.0 Å². The van der Waals surface area contributed by atoms with Gasteiger partial charge in [0.1, 0.15) is 0 Å². The molecule has 146 valence electrons.